The number of amides is 1. The van der Waals surface area contributed by atoms with Crippen LogP contribution in [-0.2, 0) is 10.0 Å². The first-order chi connectivity index (χ1) is 11.9. The van der Waals surface area contributed by atoms with Gasteiger partial charge in [-0.05, 0) is 36.5 Å². The molecule has 0 aliphatic carbocycles. The second-order valence-electron chi connectivity index (χ2n) is 6.58. The largest absolute Gasteiger partial charge is 0.291 e. The van der Waals surface area contributed by atoms with Crippen LogP contribution in [0.4, 0.5) is 5.95 Å². The van der Waals surface area contributed by atoms with Crippen LogP contribution in [0, 0.1) is 11.8 Å². The van der Waals surface area contributed by atoms with Crippen LogP contribution in [-0.4, -0.2) is 46.9 Å². The van der Waals surface area contributed by atoms with Gasteiger partial charge < -0.3 is 0 Å². The zero-order valence-corrected chi connectivity index (χ0v) is 15.0. The summed E-state index contributed by atoms with van der Waals surface area (Å²) in [5.74, 6) is 0.388. The Hall–Kier alpha value is -2.26. The molecule has 1 aliphatic heterocycles. The maximum absolute atomic E-state index is 12.9. The Bertz CT molecular complexity index is 840. The predicted molar refractivity (Wildman–Crippen MR) is 92.5 cm³/mol. The van der Waals surface area contributed by atoms with Crippen LogP contribution in [0.5, 0.6) is 0 Å². The van der Waals surface area contributed by atoms with E-state index in [2.05, 4.69) is 34.3 Å². The number of carbonyl (C=O) groups is 1. The summed E-state index contributed by atoms with van der Waals surface area (Å²) in [4.78, 5) is 16.2. The number of hydrogen-bond donors (Lipinski definition) is 2. The molecule has 0 bridgehead atoms. The highest BCUT2D eigenvalue weighted by atomic mass is 32.2. The highest BCUT2D eigenvalue weighted by Gasteiger charge is 2.31. The van der Waals surface area contributed by atoms with Gasteiger partial charge in [-0.1, -0.05) is 19.9 Å². The van der Waals surface area contributed by atoms with Crippen LogP contribution in [0.15, 0.2) is 35.5 Å². The normalized spacial score (nSPS) is 21.8. The van der Waals surface area contributed by atoms with Crippen molar-refractivity contribution in [1.82, 2.24) is 19.5 Å². The lowest BCUT2D eigenvalue weighted by Crippen LogP contribution is -2.42. The molecule has 1 saturated heterocycles. The molecule has 8 nitrogen and oxygen atoms in total. The lowest BCUT2D eigenvalue weighted by atomic mass is 9.94. The molecule has 134 valence electrons. The van der Waals surface area contributed by atoms with Crippen LogP contribution >= 0.6 is 0 Å². The number of aromatic amines is 1. The second kappa shape index (κ2) is 6.93. The fourth-order valence-corrected chi connectivity index (χ4v) is 4.92. The zero-order chi connectivity index (χ0) is 18.0. The third kappa shape index (κ3) is 3.88. The molecule has 2 N–H and O–H groups in total. The third-order valence-corrected chi connectivity index (χ3v) is 6.04. The van der Waals surface area contributed by atoms with Crippen molar-refractivity contribution in [2.45, 2.75) is 25.2 Å². The van der Waals surface area contributed by atoms with E-state index in [-0.39, 0.29) is 16.4 Å². The quantitative estimate of drug-likeness (QED) is 0.860. The molecule has 2 aromatic rings. The summed E-state index contributed by atoms with van der Waals surface area (Å²) >= 11 is 0. The Morgan fingerprint density at radius 2 is 2.00 bits per heavy atom. The molecule has 1 aromatic heterocycles. The number of nitrogens with one attached hydrogen (secondary N) is 2. The van der Waals surface area contributed by atoms with Gasteiger partial charge in [0, 0.05) is 18.7 Å². The standard InChI is InChI=1S/C16H21N5O3S/c1-11-6-12(2)9-21(8-11)25(23,24)14-5-3-4-13(7-14)15(22)19-16-17-10-18-20-16/h3-5,7,10-12H,6,8-9H2,1-2H3,(H2,17,18,19,20,22)/t11-,12-/m0/s1. The fraction of sp³-hybridized carbons (Fsp3) is 0.438. The molecule has 0 radical (unpaired) electrons. The average molecular weight is 363 g/mol. The lowest BCUT2D eigenvalue weighted by Gasteiger charge is -2.34. The number of H-pyrrole nitrogens is 1. The van der Waals surface area contributed by atoms with E-state index in [1.807, 2.05) is 0 Å². The second-order valence-corrected chi connectivity index (χ2v) is 8.52. The molecule has 0 unspecified atom stereocenters. The van der Waals surface area contributed by atoms with Crippen molar-refractivity contribution in [2.75, 3.05) is 18.4 Å². The van der Waals surface area contributed by atoms with Crippen molar-refractivity contribution in [1.29, 1.82) is 0 Å². The highest BCUT2D eigenvalue weighted by Crippen LogP contribution is 2.27. The maximum Gasteiger partial charge on any atom is 0.258 e. The van der Waals surface area contributed by atoms with Crippen LogP contribution < -0.4 is 5.32 Å². The Morgan fingerprint density at radius 1 is 1.28 bits per heavy atom. The number of hydrogen-bond acceptors (Lipinski definition) is 5. The molecule has 0 saturated carbocycles. The maximum atomic E-state index is 12.9. The first-order valence-electron chi connectivity index (χ1n) is 8.13. The van der Waals surface area contributed by atoms with Gasteiger partial charge in [-0.3, -0.25) is 10.1 Å². The van der Waals surface area contributed by atoms with Gasteiger partial charge in [-0.25, -0.2) is 13.5 Å². The summed E-state index contributed by atoms with van der Waals surface area (Å²) < 4.78 is 27.4. The third-order valence-electron chi connectivity index (χ3n) is 4.22. The summed E-state index contributed by atoms with van der Waals surface area (Å²) in [7, 11) is -3.63. The minimum atomic E-state index is -3.63. The number of benzene rings is 1. The van der Waals surface area contributed by atoms with Crippen LogP contribution in [0.3, 0.4) is 0 Å². The minimum absolute atomic E-state index is 0.124. The van der Waals surface area contributed by atoms with Crippen molar-refractivity contribution in [3.8, 4) is 0 Å². The van der Waals surface area contributed by atoms with E-state index in [0.717, 1.165) is 6.42 Å². The van der Waals surface area contributed by atoms with E-state index in [1.54, 1.807) is 12.1 Å². The van der Waals surface area contributed by atoms with E-state index in [1.165, 1.54) is 22.8 Å². The molecule has 9 heteroatoms. The molecule has 0 spiro atoms. The Labute approximate surface area is 146 Å². The van der Waals surface area contributed by atoms with Gasteiger partial charge in [0.1, 0.15) is 6.33 Å². The SMILES string of the molecule is C[C@H]1C[C@H](C)CN(S(=O)(=O)c2cccc(C(=O)Nc3ncn[nH]3)c2)C1. The van der Waals surface area contributed by atoms with Gasteiger partial charge in [-0.15, -0.1) is 0 Å². The van der Waals surface area contributed by atoms with E-state index in [9.17, 15) is 13.2 Å². The van der Waals surface area contributed by atoms with E-state index >= 15 is 0 Å². The fourth-order valence-electron chi connectivity index (χ4n) is 3.19. The number of sulfonamides is 1. The van der Waals surface area contributed by atoms with E-state index < -0.39 is 15.9 Å². The Morgan fingerprint density at radius 3 is 2.64 bits per heavy atom. The number of aromatic nitrogens is 3. The monoisotopic (exact) mass is 363 g/mol. The van der Waals surface area contributed by atoms with Crippen LogP contribution in [0.25, 0.3) is 0 Å². The van der Waals surface area contributed by atoms with Gasteiger partial charge in [0.15, 0.2) is 0 Å². The van der Waals surface area contributed by atoms with Crippen molar-refractivity contribution in [3.63, 3.8) is 0 Å². The average Bonchev–Trinajstić information content (AvgIpc) is 3.07. The van der Waals surface area contributed by atoms with Crippen LogP contribution in [0.1, 0.15) is 30.6 Å². The summed E-state index contributed by atoms with van der Waals surface area (Å²) in [5.41, 5.74) is 0.246. The molecule has 2 atom stereocenters. The molecule has 1 fully saturated rings. The summed E-state index contributed by atoms with van der Waals surface area (Å²) in [6.45, 7) is 5.11. The van der Waals surface area contributed by atoms with Crippen LogP contribution in [0.2, 0.25) is 0 Å². The van der Waals surface area contributed by atoms with Crippen molar-refractivity contribution >= 4 is 21.9 Å². The van der Waals surface area contributed by atoms with Gasteiger partial charge in [0.05, 0.1) is 4.90 Å². The van der Waals surface area contributed by atoms with Gasteiger partial charge in [0.2, 0.25) is 16.0 Å². The van der Waals surface area contributed by atoms with Crippen molar-refractivity contribution < 1.29 is 13.2 Å². The summed E-state index contributed by atoms with van der Waals surface area (Å²) in [6.07, 6.45) is 2.29. The number of carbonyl (C=O) groups excluding carboxylic acids is 1. The predicted octanol–water partition coefficient (Wildman–Crippen LogP) is 1.72. The van der Waals surface area contributed by atoms with Crippen molar-refractivity contribution in [2.24, 2.45) is 11.8 Å². The van der Waals surface area contributed by atoms with E-state index in [0.29, 0.717) is 24.9 Å². The number of piperidine rings is 1. The summed E-state index contributed by atoms with van der Waals surface area (Å²) in [5, 5.41) is 8.71. The number of rotatable bonds is 4. The molecule has 1 amide bonds. The molecule has 1 aromatic carbocycles. The molecule has 3 rings (SSSR count). The molecule has 2 heterocycles. The minimum Gasteiger partial charge on any atom is -0.291 e. The van der Waals surface area contributed by atoms with Gasteiger partial charge >= 0.3 is 0 Å². The Kier molecular flexibility index (Phi) is 4.87. The van der Waals surface area contributed by atoms with Crippen molar-refractivity contribution in [3.05, 3.63) is 36.2 Å². The highest BCUT2D eigenvalue weighted by molar-refractivity contribution is 7.89. The lowest BCUT2D eigenvalue weighted by molar-refractivity contribution is 0.102. The molecule has 1 aliphatic rings. The molecule has 25 heavy (non-hydrogen) atoms. The zero-order valence-electron chi connectivity index (χ0n) is 14.1. The first-order valence-corrected chi connectivity index (χ1v) is 9.57. The molecular formula is C16H21N5O3S. The number of nitrogens with zero attached hydrogens (tertiary/aromatic N) is 3. The van der Waals surface area contributed by atoms with Gasteiger partial charge in [0.25, 0.3) is 5.91 Å². The summed E-state index contributed by atoms with van der Waals surface area (Å²) in [6, 6.07) is 6.04. The van der Waals surface area contributed by atoms with E-state index in [4.69, 9.17) is 0 Å². The Balaban J connectivity index is 1.83. The number of anilines is 1. The molecular weight excluding hydrogens is 342 g/mol. The van der Waals surface area contributed by atoms with Gasteiger partial charge in [-0.2, -0.15) is 14.4 Å². The topological polar surface area (TPSA) is 108 Å². The first kappa shape index (κ1) is 17.6. The smallest absolute Gasteiger partial charge is 0.258 e.